The van der Waals surface area contributed by atoms with Gasteiger partial charge in [-0.1, -0.05) is 0 Å². The van der Waals surface area contributed by atoms with Crippen molar-refractivity contribution in [3.05, 3.63) is 0 Å². The van der Waals surface area contributed by atoms with Gasteiger partial charge in [0.25, 0.3) is 0 Å². The summed E-state index contributed by atoms with van der Waals surface area (Å²) < 4.78 is 0. The van der Waals surface area contributed by atoms with Gasteiger partial charge in [-0.2, -0.15) is 0 Å². The molecule has 1 aliphatic heterocycles. The van der Waals surface area contributed by atoms with Crippen LogP contribution in [0.1, 0.15) is 32.1 Å². The van der Waals surface area contributed by atoms with E-state index in [1.165, 1.54) is 12.8 Å². The molecule has 2 amide bonds. The molecule has 0 radical (unpaired) electrons. The first-order valence-corrected chi connectivity index (χ1v) is 7.51. The quantitative estimate of drug-likeness (QED) is 0.730. The summed E-state index contributed by atoms with van der Waals surface area (Å²) >= 11 is 0. The third kappa shape index (κ3) is 4.67. The van der Waals surface area contributed by atoms with Crippen LogP contribution >= 0.6 is 0 Å². The SMILES string of the molecule is CN(CCNC(=O)N1CCC(CCC(=O)O)C1)C1CC1. The van der Waals surface area contributed by atoms with E-state index in [1.54, 1.807) is 0 Å². The molecular formula is C14H25N3O3. The van der Waals surface area contributed by atoms with Crippen LogP contribution < -0.4 is 5.32 Å². The molecule has 20 heavy (non-hydrogen) atoms. The Morgan fingerprint density at radius 1 is 1.35 bits per heavy atom. The van der Waals surface area contributed by atoms with Crippen molar-refractivity contribution in [3.8, 4) is 0 Å². The van der Waals surface area contributed by atoms with Crippen LogP contribution in [0.15, 0.2) is 0 Å². The van der Waals surface area contributed by atoms with Gasteiger partial charge in [0.15, 0.2) is 0 Å². The molecule has 1 saturated heterocycles. The van der Waals surface area contributed by atoms with Crippen molar-refractivity contribution in [1.29, 1.82) is 0 Å². The van der Waals surface area contributed by atoms with Crippen LogP contribution in [0.25, 0.3) is 0 Å². The molecular weight excluding hydrogens is 258 g/mol. The van der Waals surface area contributed by atoms with Gasteiger partial charge in [-0.15, -0.1) is 0 Å². The molecule has 2 aliphatic rings. The number of nitrogens with one attached hydrogen (secondary N) is 1. The maximum Gasteiger partial charge on any atom is 0.317 e. The van der Waals surface area contributed by atoms with E-state index in [1.807, 2.05) is 4.90 Å². The first-order chi connectivity index (χ1) is 9.56. The lowest BCUT2D eigenvalue weighted by molar-refractivity contribution is -0.137. The van der Waals surface area contributed by atoms with Gasteiger partial charge in [0.05, 0.1) is 0 Å². The minimum Gasteiger partial charge on any atom is -0.481 e. The molecule has 1 unspecified atom stereocenters. The van der Waals surface area contributed by atoms with Gasteiger partial charge >= 0.3 is 12.0 Å². The lowest BCUT2D eigenvalue weighted by Gasteiger charge is -2.20. The smallest absolute Gasteiger partial charge is 0.317 e. The van der Waals surface area contributed by atoms with E-state index in [0.717, 1.165) is 25.6 Å². The third-order valence-electron chi connectivity index (χ3n) is 4.25. The Morgan fingerprint density at radius 2 is 2.10 bits per heavy atom. The lowest BCUT2D eigenvalue weighted by Crippen LogP contribution is -2.41. The minimum absolute atomic E-state index is 0.00739. The van der Waals surface area contributed by atoms with Gasteiger partial charge < -0.3 is 20.2 Å². The molecule has 6 heteroatoms. The molecule has 6 nitrogen and oxygen atoms in total. The highest BCUT2D eigenvalue weighted by Crippen LogP contribution is 2.24. The largest absolute Gasteiger partial charge is 0.481 e. The number of nitrogens with zero attached hydrogens (tertiary/aromatic N) is 2. The summed E-state index contributed by atoms with van der Waals surface area (Å²) in [6, 6.07) is 0.714. The Balaban J connectivity index is 1.59. The van der Waals surface area contributed by atoms with E-state index in [-0.39, 0.29) is 12.5 Å². The highest BCUT2D eigenvalue weighted by Gasteiger charge is 2.27. The Morgan fingerprint density at radius 3 is 2.75 bits per heavy atom. The number of hydrogen-bond acceptors (Lipinski definition) is 3. The van der Waals surface area contributed by atoms with E-state index in [2.05, 4.69) is 17.3 Å². The van der Waals surface area contributed by atoms with Crippen LogP contribution in [0.2, 0.25) is 0 Å². The summed E-state index contributed by atoms with van der Waals surface area (Å²) in [5.41, 5.74) is 0. The van der Waals surface area contributed by atoms with E-state index in [9.17, 15) is 9.59 Å². The van der Waals surface area contributed by atoms with Gasteiger partial charge in [0, 0.05) is 38.6 Å². The van der Waals surface area contributed by atoms with Gasteiger partial charge in [0.1, 0.15) is 0 Å². The fraction of sp³-hybridized carbons (Fsp3) is 0.857. The van der Waals surface area contributed by atoms with Crippen molar-refractivity contribution >= 4 is 12.0 Å². The van der Waals surface area contributed by atoms with E-state index < -0.39 is 5.97 Å². The number of carbonyl (C=O) groups is 2. The second-order valence-electron chi connectivity index (χ2n) is 5.98. The van der Waals surface area contributed by atoms with Gasteiger partial charge in [0.2, 0.25) is 0 Å². The van der Waals surface area contributed by atoms with Crippen LogP contribution in [0.5, 0.6) is 0 Å². The number of rotatable bonds is 7. The highest BCUT2D eigenvalue weighted by molar-refractivity contribution is 5.74. The Hall–Kier alpha value is -1.30. The van der Waals surface area contributed by atoms with Crippen LogP contribution in [0.4, 0.5) is 4.79 Å². The number of carboxylic acids is 1. The number of aliphatic carboxylic acids is 1. The van der Waals surface area contributed by atoms with Crippen LogP contribution in [0.3, 0.4) is 0 Å². The van der Waals surface area contributed by atoms with E-state index in [4.69, 9.17) is 5.11 Å². The van der Waals surface area contributed by atoms with Gasteiger partial charge in [-0.3, -0.25) is 4.79 Å². The molecule has 1 atom stereocenters. The molecule has 1 heterocycles. The number of carbonyl (C=O) groups excluding carboxylic acids is 1. The predicted molar refractivity (Wildman–Crippen MR) is 75.6 cm³/mol. The van der Waals surface area contributed by atoms with Crippen molar-refractivity contribution in [3.63, 3.8) is 0 Å². The summed E-state index contributed by atoms with van der Waals surface area (Å²) in [5, 5.41) is 11.6. The van der Waals surface area contributed by atoms with Crippen molar-refractivity contribution in [2.75, 3.05) is 33.2 Å². The molecule has 1 saturated carbocycles. The zero-order valence-corrected chi connectivity index (χ0v) is 12.2. The fourth-order valence-corrected chi connectivity index (χ4v) is 2.73. The average Bonchev–Trinajstić information content (AvgIpc) is 3.15. The summed E-state index contributed by atoms with van der Waals surface area (Å²) in [5.74, 6) is -0.415. The number of urea groups is 1. The molecule has 0 aromatic carbocycles. The molecule has 2 N–H and O–H groups in total. The van der Waals surface area contributed by atoms with E-state index >= 15 is 0 Å². The maximum atomic E-state index is 12.0. The first kappa shape index (κ1) is 15.1. The molecule has 0 spiro atoms. The number of likely N-dealkylation sites (N-methyl/N-ethyl adjacent to an activating group) is 1. The van der Waals surface area contributed by atoms with Crippen molar-refractivity contribution in [2.24, 2.45) is 5.92 Å². The predicted octanol–water partition coefficient (Wildman–Crippen LogP) is 0.977. The first-order valence-electron chi connectivity index (χ1n) is 7.51. The molecule has 0 aromatic rings. The summed E-state index contributed by atoms with van der Waals surface area (Å²) in [4.78, 5) is 26.6. The highest BCUT2D eigenvalue weighted by atomic mass is 16.4. The van der Waals surface area contributed by atoms with Gasteiger partial charge in [-0.25, -0.2) is 4.79 Å². The molecule has 0 bridgehead atoms. The number of amides is 2. The summed E-state index contributed by atoms with van der Waals surface area (Å²) in [6.07, 6.45) is 4.35. The monoisotopic (exact) mass is 283 g/mol. The zero-order valence-electron chi connectivity index (χ0n) is 12.2. The van der Waals surface area contributed by atoms with Crippen LogP contribution in [0, 0.1) is 5.92 Å². The molecule has 0 aromatic heterocycles. The molecule has 2 rings (SSSR count). The Kier molecular flexibility index (Phi) is 5.23. The second kappa shape index (κ2) is 6.92. The van der Waals surface area contributed by atoms with Crippen molar-refractivity contribution in [1.82, 2.24) is 15.1 Å². The fourth-order valence-electron chi connectivity index (χ4n) is 2.73. The van der Waals surface area contributed by atoms with Crippen molar-refractivity contribution < 1.29 is 14.7 Å². The van der Waals surface area contributed by atoms with Crippen LogP contribution in [-0.4, -0.2) is 66.2 Å². The standard InChI is InChI=1S/C14H25N3O3/c1-16(12-3-4-12)9-7-15-14(20)17-8-6-11(10-17)2-5-13(18)19/h11-12H,2-10H2,1H3,(H,15,20)(H,18,19). The third-order valence-corrected chi connectivity index (χ3v) is 4.25. The lowest BCUT2D eigenvalue weighted by atomic mass is 10.0. The van der Waals surface area contributed by atoms with E-state index in [0.29, 0.717) is 25.4 Å². The maximum absolute atomic E-state index is 12.0. The minimum atomic E-state index is -0.754. The normalized spacial score (nSPS) is 22.3. The number of carboxylic acid groups (broad SMARTS) is 1. The average molecular weight is 283 g/mol. The zero-order chi connectivity index (χ0) is 14.5. The summed E-state index contributed by atoms with van der Waals surface area (Å²) in [6.45, 7) is 3.01. The number of likely N-dealkylation sites (tertiary alicyclic amines) is 1. The Labute approximate surface area is 120 Å². The second-order valence-corrected chi connectivity index (χ2v) is 5.98. The van der Waals surface area contributed by atoms with Crippen molar-refractivity contribution in [2.45, 2.75) is 38.1 Å². The Bertz CT molecular complexity index is 358. The van der Waals surface area contributed by atoms with Crippen LogP contribution in [-0.2, 0) is 4.79 Å². The molecule has 114 valence electrons. The summed E-state index contributed by atoms with van der Waals surface area (Å²) in [7, 11) is 2.10. The van der Waals surface area contributed by atoms with Gasteiger partial charge in [-0.05, 0) is 38.6 Å². The number of hydrogen-bond donors (Lipinski definition) is 2. The molecule has 2 fully saturated rings. The molecule has 1 aliphatic carbocycles. The topological polar surface area (TPSA) is 72.9 Å².